The van der Waals surface area contributed by atoms with Gasteiger partial charge in [0.2, 0.25) is 0 Å². The zero-order valence-electron chi connectivity index (χ0n) is 20.7. The van der Waals surface area contributed by atoms with Crippen LogP contribution in [0.5, 0.6) is 5.75 Å². The molecule has 1 aliphatic rings. The molecule has 0 spiro atoms. The number of nitrogens with zero attached hydrogens (tertiary/aromatic N) is 3. The molecule has 1 unspecified atom stereocenters. The summed E-state index contributed by atoms with van der Waals surface area (Å²) in [6.07, 6.45) is 6.47. The molecular weight excluding hydrogens is 420 g/mol. The van der Waals surface area contributed by atoms with E-state index in [0.29, 0.717) is 6.04 Å². The van der Waals surface area contributed by atoms with E-state index in [1.807, 2.05) is 6.07 Å². The molecule has 34 heavy (non-hydrogen) atoms. The molecule has 1 aliphatic carbocycles. The van der Waals surface area contributed by atoms with Crippen LogP contribution in [-0.2, 0) is 19.3 Å². The van der Waals surface area contributed by atoms with Crippen molar-refractivity contribution in [2.24, 2.45) is 0 Å². The number of nitrogens with one attached hydrogen (secondary N) is 1. The smallest absolute Gasteiger partial charge is 0.165 e. The fourth-order valence-corrected chi connectivity index (χ4v) is 5.20. The molecule has 4 aromatic rings. The van der Waals surface area contributed by atoms with E-state index < -0.39 is 0 Å². The van der Waals surface area contributed by atoms with Crippen molar-refractivity contribution in [2.75, 3.05) is 12.4 Å². The fraction of sp³-hybridized carbons (Fsp3) is 0.379. The topological polar surface area (TPSA) is 51.5 Å². The first-order chi connectivity index (χ1) is 16.6. The van der Waals surface area contributed by atoms with Crippen LogP contribution in [0.4, 0.5) is 5.82 Å². The molecule has 0 aliphatic heterocycles. The van der Waals surface area contributed by atoms with Crippen LogP contribution in [0.15, 0.2) is 48.5 Å². The average molecular weight is 455 g/mol. The molecule has 5 nitrogen and oxygen atoms in total. The van der Waals surface area contributed by atoms with E-state index in [9.17, 15) is 0 Å². The number of hydrogen-bond donors (Lipinski definition) is 1. The van der Waals surface area contributed by atoms with Gasteiger partial charge in [0.05, 0.1) is 12.8 Å². The second-order valence-corrected chi connectivity index (χ2v) is 9.39. The maximum atomic E-state index is 5.43. The van der Waals surface area contributed by atoms with Gasteiger partial charge in [0.15, 0.2) is 5.65 Å². The minimum absolute atomic E-state index is 0.381. The molecule has 176 valence electrons. The van der Waals surface area contributed by atoms with Crippen LogP contribution in [0.2, 0.25) is 0 Å². The Bertz CT molecular complexity index is 1310. The van der Waals surface area contributed by atoms with Crippen LogP contribution in [0.3, 0.4) is 0 Å². The standard InChI is InChI=1S/C29H34N4O/c1-5-22(15-14-21-10-7-6-8-11-21)30-28-25-12-9-13-26(25)31-29-27(20(3)32-33(28)29)24-17-16-23(34-4)18-19(24)2/h6-8,10-11,16-18,22,30H,5,9,12-15H2,1-4H3. The van der Waals surface area contributed by atoms with Crippen LogP contribution in [0.1, 0.15) is 54.3 Å². The Morgan fingerprint density at radius 2 is 1.91 bits per heavy atom. The molecule has 0 bridgehead atoms. The van der Waals surface area contributed by atoms with Gasteiger partial charge < -0.3 is 10.1 Å². The van der Waals surface area contributed by atoms with Crippen LogP contribution >= 0.6 is 0 Å². The Labute approximate surface area is 202 Å². The van der Waals surface area contributed by atoms with Crippen LogP contribution in [0.25, 0.3) is 16.8 Å². The molecule has 0 fully saturated rings. The maximum absolute atomic E-state index is 5.43. The Kier molecular flexibility index (Phi) is 6.27. The molecule has 2 aromatic carbocycles. The Morgan fingerprint density at radius 1 is 1.09 bits per heavy atom. The van der Waals surface area contributed by atoms with Crippen LogP contribution in [-0.4, -0.2) is 27.7 Å². The van der Waals surface area contributed by atoms with Gasteiger partial charge in [0, 0.05) is 22.9 Å². The lowest BCUT2D eigenvalue weighted by Gasteiger charge is -2.21. The second kappa shape index (κ2) is 9.49. The molecule has 0 saturated heterocycles. The van der Waals surface area contributed by atoms with Crippen LogP contribution in [0, 0.1) is 13.8 Å². The summed E-state index contributed by atoms with van der Waals surface area (Å²) in [4.78, 5) is 5.15. The van der Waals surface area contributed by atoms with Crippen LogP contribution < -0.4 is 10.1 Å². The van der Waals surface area contributed by atoms with Gasteiger partial charge in [0.1, 0.15) is 11.6 Å². The number of ether oxygens (including phenoxy) is 1. The summed E-state index contributed by atoms with van der Waals surface area (Å²) in [5, 5.41) is 8.92. The zero-order valence-corrected chi connectivity index (χ0v) is 20.7. The second-order valence-electron chi connectivity index (χ2n) is 9.39. The number of methoxy groups -OCH3 is 1. The van der Waals surface area contributed by atoms with Gasteiger partial charge >= 0.3 is 0 Å². The first-order valence-corrected chi connectivity index (χ1v) is 12.5. The Balaban J connectivity index is 1.55. The zero-order chi connectivity index (χ0) is 23.7. The maximum Gasteiger partial charge on any atom is 0.165 e. The van der Waals surface area contributed by atoms with Gasteiger partial charge in [-0.15, -0.1) is 0 Å². The quantitative estimate of drug-likeness (QED) is 0.338. The van der Waals surface area contributed by atoms with E-state index in [1.54, 1.807) is 7.11 Å². The highest BCUT2D eigenvalue weighted by molar-refractivity contribution is 5.83. The van der Waals surface area contributed by atoms with Gasteiger partial charge in [-0.05, 0) is 81.2 Å². The highest BCUT2D eigenvalue weighted by Crippen LogP contribution is 2.36. The molecule has 0 radical (unpaired) electrons. The van der Waals surface area contributed by atoms with E-state index >= 15 is 0 Å². The number of benzene rings is 2. The molecular formula is C29H34N4O. The molecule has 5 heteroatoms. The predicted octanol–water partition coefficient (Wildman–Crippen LogP) is 6.33. The van der Waals surface area contributed by atoms with Gasteiger partial charge in [0.25, 0.3) is 0 Å². The third-order valence-electron chi connectivity index (χ3n) is 7.12. The van der Waals surface area contributed by atoms with E-state index in [0.717, 1.165) is 67.0 Å². The number of hydrogen-bond acceptors (Lipinski definition) is 4. The predicted molar refractivity (Wildman–Crippen MR) is 139 cm³/mol. The number of rotatable bonds is 8. The van der Waals surface area contributed by atoms with Gasteiger partial charge in [-0.1, -0.05) is 43.3 Å². The van der Waals surface area contributed by atoms with Crippen molar-refractivity contribution in [2.45, 2.75) is 65.3 Å². The van der Waals surface area contributed by atoms with E-state index in [4.69, 9.17) is 14.8 Å². The number of anilines is 1. The Morgan fingerprint density at radius 3 is 2.65 bits per heavy atom. The lowest BCUT2D eigenvalue weighted by atomic mass is 10.0. The summed E-state index contributed by atoms with van der Waals surface area (Å²) in [5.74, 6) is 2.01. The van der Waals surface area contributed by atoms with Crippen molar-refractivity contribution < 1.29 is 4.74 Å². The molecule has 0 amide bonds. The third kappa shape index (κ3) is 4.15. The summed E-state index contributed by atoms with van der Waals surface area (Å²) >= 11 is 0. The molecule has 0 saturated carbocycles. The molecule has 1 atom stereocenters. The molecule has 2 heterocycles. The van der Waals surface area contributed by atoms with Crippen molar-refractivity contribution in [1.82, 2.24) is 14.6 Å². The van der Waals surface area contributed by atoms with Crippen molar-refractivity contribution >= 4 is 11.5 Å². The number of aromatic nitrogens is 3. The first kappa shape index (κ1) is 22.5. The average Bonchev–Trinajstić information content (AvgIpc) is 3.45. The minimum Gasteiger partial charge on any atom is -0.497 e. The van der Waals surface area contributed by atoms with Crippen molar-refractivity contribution in [3.8, 4) is 16.9 Å². The Hall–Kier alpha value is -3.34. The largest absolute Gasteiger partial charge is 0.497 e. The van der Waals surface area contributed by atoms with E-state index in [2.05, 4.69) is 73.1 Å². The minimum atomic E-state index is 0.381. The van der Waals surface area contributed by atoms with Gasteiger partial charge in [-0.25, -0.2) is 4.98 Å². The summed E-state index contributed by atoms with van der Waals surface area (Å²) in [7, 11) is 1.71. The highest BCUT2D eigenvalue weighted by atomic mass is 16.5. The summed E-state index contributed by atoms with van der Waals surface area (Å²) in [6, 6.07) is 17.4. The summed E-state index contributed by atoms with van der Waals surface area (Å²) in [6.45, 7) is 6.49. The number of fused-ring (bicyclic) bond motifs is 2. The van der Waals surface area contributed by atoms with Crippen molar-refractivity contribution in [3.05, 3.63) is 76.6 Å². The molecule has 2 aromatic heterocycles. The van der Waals surface area contributed by atoms with Crippen molar-refractivity contribution in [1.29, 1.82) is 0 Å². The normalized spacial score (nSPS) is 13.8. The van der Waals surface area contributed by atoms with E-state index in [1.165, 1.54) is 27.9 Å². The third-order valence-corrected chi connectivity index (χ3v) is 7.12. The number of aryl methyl sites for hydroxylation is 4. The lowest BCUT2D eigenvalue weighted by molar-refractivity contribution is 0.414. The first-order valence-electron chi connectivity index (χ1n) is 12.5. The van der Waals surface area contributed by atoms with Gasteiger partial charge in [-0.2, -0.15) is 9.61 Å². The monoisotopic (exact) mass is 454 g/mol. The summed E-state index contributed by atoms with van der Waals surface area (Å²) < 4.78 is 7.50. The molecule has 1 N–H and O–H groups in total. The van der Waals surface area contributed by atoms with Crippen molar-refractivity contribution in [3.63, 3.8) is 0 Å². The highest BCUT2D eigenvalue weighted by Gasteiger charge is 2.25. The van der Waals surface area contributed by atoms with Gasteiger partial charge in [-0.3, -0.25) is 0 Å². The SMILES string of the molecule is CCC(CCc1ccccc1)Nc1c2c(nc3c(-c4ccc(OC)cc4C)c(C)nn13)CCC2. The van der Waals surface area contributed by atoms with E-state index in [-0.39, 0.29) is 0 Å². The fourth-order valence-electron chi connectivity index (χ4n) is 5.20. The lowest BCUT2D eigenvalue weighted by Crippen LogP contribution is -2.23. The summed E-state index contributed by atoms with van der Waals surface area (Å²) in [5.41, 5.74) is 9.36. The molecule has 5 rings (SSSR count).